The van der Waals surface area contributed by atoms with Gasteiger partial charge in [-0.15, -0.1) is 0 Å². The van der Waals surface area contributed by atoms with E-state index in [0.29, 0.717) is 41.9 Å². The first-order valence-electron chi connectivity index (χ1n) is 9.19. The Bertz CT molecular complexity index is 1020. The Labute approximate surface area is 161 Å². The largest absolute Gasteiger partial charge is 0.493 e. The summed E-state index contributed by atoms with van der Waals surface area (Å²) in [5.41, 5.74) is 2.14. The molecule has 1 saturated heterocycles. The molecule has 0 aliphatic carbocycles. The zero-order valence-electron chi connectivity index (χ0n) is 15.7. The van der Waals surface area contributed by atoms with Crippen LogP contribution in [0.15, 0.2) is 47.0 Å². The molecule has 1 amide bonds. The van der Waals surface area contributed by atoms with Gasteiger partial charge in [-0.3, -0.25) is 4.79 Å². The Balaban J connectivity index is 1.58. The van der Waals surface area contributed by atoms with Gasteiger partial charge >= 0.3 is 0 Å². The number of para-hydroxylation sites is 1. The third-order valence-electron chi connectivity index (χ3n) is 4.80. The van der Waals surface area contributed by atoms with Crippen molar-refractivity contribution in [2.24, 2.45) is 0 Å². The molecular weight excluding hydrogens is 361 g/mol. The molecule has 4 rings (SSSR count). The fraction of sp³-hybridized carbons (Fsp3) is 0.286. The maximum absolute atomic E-state index is 13.4. The van der Waals surface area contributed by atoms with Gasteiger partial charge in [0.15, 0.2) is 5.82 Å². The minimum atomic E-state index is -0.319. The number of rotatable bonds is 5. The van der Waals surface area contributed by atoms with E-state index in [0.717, 1.165) is 5.56 Å². The number of benzene rings is 2. The molecule has 1 aliphatic heterocycles. The predicted molar refractivity (Wildman–Crippen MR) is 102 cm³/mol. The third kappa shape index (κ3) is 3.35. The summed E-state index contributed by atoms with van der Waals surface area (Å²) in [7, 11) is 0. The van der Waals surface area contributed by atoms with Crippen molar-refractivity contribution in [2.45, 2.75) is 26.2 Å². The SMILES string of the molecule is CCOc1ccccc1-c1nc(C2CC(=O)N(c3ccc(F)cc3C)C2)no1. The first kappa shape index (κ1) is 18.2. The highest BCUT2D eigenvalue weighted by Crippen LogP contribution is 2.34. The molecule has 1 aliphatic rings. The van der Waals surface area contributed by atoms with Crippen LogP contribution in [-0.4, -0.2) is 29.2 Å². The summed E-state index contributed by atoms with van der Waals surface area (Å²) in [5, 5.41) is 4.09. The molecule has 2 heterocycles. The number of hydrogen-bond donors (Lipinski definition) is 0. The maximum atomic E-state index is 13.4. The summed E-state index contributed by atoms with van der Waals surface area (Å²) in [5.74, 6) is 0.973. The number of carbonyl (C=O) groups is 1. The standard InChI is InChI=1S/C21H20FN3O3/c1-3-27-18-7-5-4-6-16(18)21-23-20(24-28-21)14-11-19(26)25(12-14)17-9-8-15(22)10-13(17)2/h4-10,14H,3,11-12H2,1-2H3. The minimum Gasteiger partial charge on any atom is -0.493 e. The van der Waals surface area contributed by atoms with Crippen LogP contribution in [0.5, 0.6) is 5.75 Å². The lowest BCUT2D eigenvalue weighted by Crippen LogP contribution is -2.25. The van der Waals surface area contributed by atoms with E-state index < -0.39 is 0 Å². The van der Waals surface area contributed by atoms with Crippen molar-refractivity contribution >= 4 is 11.6 Å². The van der Waals surface area contributed by atoms with Crippen molar-refractivity contribution in [3.63, 3.8) is 0 Å². The van der Waals surface area contributed by atoms with Gasteiger partial charge in [0.1, 0.15) is 11.6 Å². The predicted octanol–water partition coefficient (Wildman–Crippen LogP) is 4.10. The summed E-state index contributed by atoms with van der Waals surface area (Å²) in [6, 6.07) is 11.9. The molecule has 28 heavy (non-hydrogen) atoms. The van der Waals surface area contributed by atoms with Crippen LogP contribution >= 0.6 is 0 Å². The quantitative estimate of drug-likeness (QED) is 0.665. The highest BCUT2D eigenvalue weighted by atomic mass is 19.1. The Morgan fingerprint density at radius 2 is 2.11 bits per heavy atom. The van der Waals surface area contributed by atoms with Crippen molar-refractivity contribution in [1.82, 2.24) is 10.1 Å². The molecule has 0 bridgehead atoms. The lowest BCUT2D eigenvalue weighted by atomic mass is 10.1. The lowest BCUT2D eigenvalue weighted by Gasteiger charge is -2.18. The Kier molecular flexibility index (Phi) is 4.81. The molecule has 7 heteroatoms. The fourth-order valence-corrected chi connectivity index (χ4v) is 3.47. The fourth-order valence-electron chi connectivity index (χ4n) is 3.47. The first-order valence-corrected chi connectivity index (χ1v) is 9.19. The molecular formula is C21H20FN3O3. The van der Waals surface area contributed by atoms with Gasteiger partial charge in [0.25, 0.3) is 5.89 Å². The molecule has 1 unspecified atom stereocenters. The van der Waals surface area contributed by atoms with Crippen LogP contribution < -0.4 is 9.64 Å². The average molecular weight is 381 g/mol. The van der Waals surface area contributed by atoms with Gasteiger partial charge in [-0.05, 0) is 49.7 Å². The van der Waals surface area contributed by atoms with Crippen molar-refractivity contribution in [1.29, 1.82) is 0 Å². The summed E-state index contributed by atoms with van der Waals surface area (Å²) >= 11 is 0. The van der Waals surface area contributed by atoms with E-state index in [1.807, 2.05) is 31.2 Å². The summed E-state index contributed by atoms with van der Waals surface area (Å²) in [6.45, 7) is 4.65. The normalized spacial score (nSPS) is 16.6. The molecule has 1 aromatic heterocycles. The molecule has 6 nitrogen and oxygen atoms in total. The lowest BCUT2D eigenvalue weighted by molar-refractivity contribution is -0.117. The zero-order valence-corrected chi connectivity index (χ0v) is 15.7. The molecule has 1 atom stereocenters. The topological polar surface area (TPSA) is 68.5 Å². The summed E-state index contributed by atoms with van der Waals surface area (Å²) in [4.78, 5) is 18.7. The number of hydrogen-bond acceptors (Lipinski definition) is 5. The van der Waals surface area contributed by atoms with E-state index in [4.69, 9.17) is 9.26 Å². The van der Waals surface area contributed by atoms with Crippen molar-refractivity contribution in [3.05, 3.63) is 59.7 Å². The van der Waals surface area contributed by atoms with E-state index in [1.54, 1.807) is 17.9 Å². The zero-order chi connectivity index (χ0) is 19.7. The Morgan fingerprint density at radius 3 is 2.89 bits per heavy atom. The second-order valence-corrected chi connectivity index (χ2v) is 6.72. The number of aromatic nitrogens is 2. The van der Waals surface area contributed by atoms with Gasteiger partial charge in [-0.25, -0.2) is 4.39 Å². The van der Waals surface area contributed by atoms with Crippen molar-refractivity contribution in [2.75, 3.05) is 18.1 Å². The van der Waals surface area contributed by atoms with Crippen LogP contribution in [0, 0.1) is 12.7 Å². The molecule has 0 saturated carbocycles. The number of anilines is 1. The smallest absolute Gasteiger partial charge is 0.261 e. The van der Waals surface area contributed by atoms with Crippen LogP contribution in [0.4, 0.5) is 10.1 Å². The van der Waals surface area contributed by atoms with Gasteiger partial charge in [0.05, 0.1) is 12.2 Å². The Hall–Kier alpha value is -3.22. The van der Waals surface area contributed by atoms with Gasteiger partial charge in [0, 0.05) is 24.6 Å². The van der Waals surface area contributed by atoms with Gasteiger partial charge in [-0.1, -0.05) is 17.3 Å². The van der Waals surface area contributed by atoms with Crippen molar-refractivity contribution < 1.29 is 18.4 Å². The monoisotopic (exact) mass is 381 g/mol. The molecule has 0 radical (unpaired) electrons. The van der Waals surface area contributed by atoms with Crippen LogP contribution in [0.25, 0.3) is 11.5 Å². The first-order chi connectivity index (χ1) is 13.6. The van der Waals surface area contributed by atoms with E-state index >= 15 is 0 Å². The van der Waals surface area contributed by atoms with Gasteiger partial charge in [0.2, 0.25) is 5.91 Å². The molecule has 0 spiro atoms. The van der Waals surface area contributed by atoms with Crippen LogP contribution in [0.3, 0.4) is 0 Å². The van der Waals surface area contributed by atoms with Crippen LogP contribution in [0.1, 0.15) is 30.7 Å². The van der Waals surface area contributed by atoms with Gasteiger partial charge in [-0.2, -0.15) is 4.98 Å². The van der Waals surface area contributed by atoms with E-state index in [9.17, 15) is 9.18 Å². The third-order valence-corrected chi connectivity index (χ3v) is 4.80. The molecule has 0 N–H and O–H groups in total. The number of aryl methyl sites for hydroxylation is 1. The Morgan fingerprint density at radius 1 is 1.29 bits per heavy atom. The number of ether oxygens (including phenoxy) is 1. The maximum Gasteiger partial charge on any atom is 0.261 e. The van der Waals surface area contributed by atoms with Crippen molar-refractivity contribution in [3.8, 4) is 17.2 Å². The number of carbonyl (C=O) groups excluding carboxylic acids is 1. The van der Waals surface area contributed by atoms with Gasteiger partial charge < -0.3 is 14.2 Å². The van der Waals surface area contributed by atoms with Crippen LogP contribution in [0.2, 0.25) is 0 Å². The van der Waals surface area contributed by atoms with E-state index in [-0.39, 0.29) is 24.1 Å². The summed E-state index contributed by atoms with van der Waals surface area (Å²) in [6.07, 6.45) is 0.281. The van der Waals surface area contributed by atoms with E-state index in [1.165, 1.54) is 12.1 Å². The molecule has 144 valence electrons. The minimum absolute atomic E-state index is 0.0409. The van der Waals surface area contributed by atoms with E-state index in [2.05, 4.69) is 10.1 Å². The second kappa shape index (κ2) is 7.42. The number of nitrogens with zero attached hydrogens (tertiary/aromatic N) is 3. The molecule has 3 aromatic rings. The molecule has 1 fully saturated rings. The second-order valence-electron chi connectivity index (χ2n) is 6.72. The number of halogens is 1. The molecule has 2 aromatic carbocycles. The highest BCUT2D eigenvalue weighted by Gasteiger charge is 2.35. The highest BCUT2D eigenvalue weighted by molar-refractivity contribution is 5.97. The number of amides is 1. The summed E-state index contributed by atoms with van der Waals surface area (Å²) < 4.78 is 24.4. The van der Waals surface area contributed by atoms with Crippen LogP contribution in [-0.2, 0) is 4.79 Å². The average Bonchev–Trinajstić information content (AvgIpc) is 3.30.